The van der Waals surface area contributed by atoms with Gasteiger partial charge in [0, 0.05) is 34.8 Å². The minimum Gasteiger partial charge on any atom is -0.495 e. The highest BCUT2D eigenvalue weighted by atomic mass is 35.5. The Labute approximate surface area is 231 Å². The Morgan fingerprint density at radius 3 is 2.34 bits per heavy atom. The van der Waals surface area contributed by atoms with E-state index in [1.807, 2.05) is 13.8 Å². The number of nitro benzene ring substituents is 1. The third-order valence-corrected chi connectivity index (χ3v) is 7.56. The number of halogens is 2. The van der Waals surface area contributed by atoms with Crippen LogP contribution in [0.5, 0.6) is 5.75 Å². The maximum absolute atomic E-state index is 13.7. The minimum atomic E-state index is -4.14. The quantitative estimate of drug-likeness (QED) is 0.292. The molecule has 0 radical (unpaired) electrons. The van der Waals surface area contributed by atoms with Crippen molar-refractivity contribution in [1.82, 2.24) is 10.2 Å². The van der Waals surface area contributed by atoms with Gasteiger partial charge < -0.3 is 15.0 Å². The van der Waals surface area contributed by atoms with Gasteiger partial charge in [-0.05, 0) is 44.0 Å². The lowest BCUT2D eigenvalue weighted by atomic mass is 10.1. The number of hydrogen-bond donors (Lipinski definition) is 1. The molecule has 2 amide bonds. The number of benzene rings is 2. The second kappa shape index (κ2) is 13.1. The van der Waals surface area contributed by atoms with Crippen LogP contribution in [0.15, 0.2) is 36.4 Å². The summed E-state index contributed by atoms with van der Waals surface area (Å²) in [4.78, 5) is 38.5. The van der Waals surface area contributed by atoms with Crippen molar-refractivity contribution in [3.8, 4) is 5.75 Å². The van der Waals surface area contributed by atoms with Gasteiger partial charge in [-0.15, -0.1) is 0 Å². The number of non-ortho nitro benzene ring substituents is 1. The van der Waals surface area contributed by atoms with Crippen molar-refractivity contribution >= 4 is 56.4 Å². The van der Waals surface area contributed by atoms with E-state index in [9.17, 15) is 28.1 Å². The molecule has 0 unspecified atom stereocenters. The fraction of sp³-hybridized carbons (Fsp3) is 0.417. The predicted octanol–water partition coefficient (Wildman–Crippen LogP) is 4.01. The molecule has 2 rings (SSSR count). The molecule has 1 N–H and O–H groups in total. The molecular weight excluding hydrogens is 559 g/mol. The van der Waals surface area contributed by atoms with Crippen molar-refractivity contribution in [2.75, 3.05) is 24.2 Å². The summed E-state index contributed by atoms with van der Waals surface area (Å²) in [5.41, 5.74) is -0.113. The summed E-state index contributed by atoms with van der Waals surface area (Å²) in [6.07, 6.45) is 1.52. The topological polar surface area (TPSA) is 139 Å². The number of anilines is 1. The summed E-state index contributed by atoms with van der Waals surface area (Å²) in [6.45, 7) is 4.32. The number of amides is 2. The first-order chi connectivity index (χ1) is 17.7. The monoisotopic (exact) mass is 588 g/mol. The first-order valence-electron chi connectivity index (χ1n) is 11.5. The number of carbonyl (C=O) groups is 2. The standard InChI is InChI=1S/C24H30Cl2N4O7S/c1-6-15(2)27-24(32)16(3)28(13-17-7-8-18(25)11-20(17)26)23(31)14-29(38(5,35)36)21-12-19(30(33)34)9-10-22(21)37-4/h7-12,15-16H,6,13-14H2,1-5H3,(H,27,32)/t15-,16-/m1/s1. The summed E-state index contributed by atoms with van der Waals surface area (Å²) in [6, 6.07) is 6.88. The molecule has 14 heteroatoms. The van der Waals surface area contributed by atoms with Crippen LogP contribution >= 0.6 is 23.2 Å². The second-order valence-electron chi connectivity index (χ2n) is 8.63. The molecule has 0 heterocycles. The van der Waals surface area contributed by atoms with Crippen molar-refractivity contribution in [2.24, 2.45) is 0 Å². The number of nitro groups is 1. The zero-order valence-corrected chi connectivity index (χ0v) is 23.9. The van der Waals surface area contributed by atoms with Gasteiger partial charge in [0.2, 0.25) is 21.8 Å². The van der Waals surface area contributed by atoms with Crippen molar-refractivity contribution in [3.63, 3.8) is 0 Å². The average Bonchev–Trinajstić information content (AvgIpc) is 2.84. The van der Waals surface area contributed by atoms with Crippen molar-refractivity contribution in [1.29, 1.82) is 0 Å². The van der Waals surface area contributed by atoms with Crippen molar-refractivity contribution in [2.45, 2.75) is 45.8 Å². The molecule has 0 bridgehead atoms. The highest BCUT2D eigenvalue weighted by Gasteiger charge is 2.32. The molecule has 0 saturated carbocycles. The predicted molar refractivity (Wildman–Crippen MR) is 146 cm³/mol. The molecule has 2 aromatic rings. The van der Waals surface area contributed by atoms with E-state index in [-0.39, 0.29) is 29.0 Å². The molecule has 0 aliphatic rings. The Kier molecular flexibility index (Phi) is 10.7. The third-order valence-electron chi connectivity index (χ3n) is 5.85. The minimum absolute atomic E-state index is 0.00341. The summed E-state index contributed by atoms with van der Waals surface area (Å²) >= 11 is 12.3. The number of nitrogens with one attached hydrogen (secondary N) is 1. The van der Waals surface area contributed by atoms with Gasteiger partial charge in [0.05, 0.1) is 18.3 Å². The van der Waals surface area contributed by atoms with Crippen LogP contribution in [0.3, 0.4) is 0 Å². The van der Waals surface area contributed by atoms with Crippen LogP contribution in [0.25, 0.3) is 0 Å². The summed E-state index contributed by atoms with van der Waals surface area (Å²) < 4.78 is 31.5. The number of hydrogen-bond acceptors (Lipinski definition) is 7. The van der Waals surface area contributed by atoms with E-state index in [2.05, 4.69) is 5.32 Å². The summed E-state index contributed by atoms with van der Waals surface area (Å²) in [7, 11) is -2.87. The Morgan fingerprint density at radius 2 is 1.82 bits per heavy atom. The zero-order valence-electron chi connectivity index (χ0n) is 21.6. The summed E-state index contributed by atoms with van der Waals surface area (Å²) in [5, 5.41) is 14.8. The molecule has 2 atom stereocenters. The lowest BCUT2D eigenvalue weighted by Crippen LogP contribution is -2.52. The molecule has 0 aliphatic heterocycles. The molecule has 0 aliphatic carbocycles. The lowest BCUT2D eigenvalue weighted by Gasteiger charge is -2.32. The van der Waals surface area contributed by atoms with E-state index in [0.717, 1.165) is 18.4 Å². The Bertz CT molecular complexity index is 1310. The normalized spacial score (nSPS) is 12.8. The highest BCUT2D eigenvalue weighted by molar-refractivity contribution is 7.92. The molecular formula is C24H30Cl2N4O7S. The molecule has 208 valence electrons. The van der Waals surface area contributed by atoms with Gasteiger partial charge >= 0.3 is 0 Å². The highest BCUT2D eigenvalue weighted by Crippen LogP contribution is 2.34. The van der Waals surface area contributed by atoms with Gasteiger partial charge in [-0.1, -0.05) is 36.2 Å². The Morgan fingerprint density at radius 1 is 1.16 bits per heavy atom. The van der Waals surface area contributed by atoms with E-state index in [1.54, 1.807) is 12.1 Å². The van der Waals surface area contributed by atoms with Crippen LogP contribution in [-0.2, 0) is 26.2 Å². The summed E-state index contributed by atoms with van der Waals surface area (Å²) in [5.74, 6) is -1.19. The number of sulfonamides is 1. The number of methoxy groups -OCH3 is 1. The lowest BCUT2D eigenvalue weighted by molar-refractivity contribution is -0.384. The van der Waals surface area contributed by atoms with Gasteiger partial charge in [-0.2, -0.15) is 0 Å². The molecule has 0 fully saturated rings. The first kappa shape index (κ1) is 31.1. The Balaban J connectivity index is 2.55. The van der Waals surface area contributed by atoms with Gasteiger partial charge in [0.15, 0.2) is 0 Å². The van der Waals surface area contributed by atoms with Crippen LogP contribution in [0.1, 0.15) is 32.8 Å². The van der Waals surface area contributed by atoms with Crippen LogP contribution in [0.2, 0.25) is 10.0 Å². The molecule has 11 nitrogen and oxygen atoms in total. The van der Waals surface area contributed by atoms with Crippen molar-refractivity contribution in [3.05, 3.63) is 62.1 Å². The SMILES string of the molecule is CC[C@@H](C)NC(=O)[C@@H](C)N(Cc1ccc(Cl)cc1Cl)C(=O)CN(c1cc([N+](=O)[O-])ccc1OC)S(C)(=O)=O. The van der Waals surface area contributed by atoms with Gasteiger partial charge in [-0.3, -0.25) is 24.0 Å². The molecule has 2 aromatic carbocycles. The van der Waals surface area contributed by atoms with Crippen LogP contribution < -0.4 is 14.4 Å². The molecule has 0 spiro atoms. The van der Waals surface area contributed by atoms with Crippen LogP contribution in [0.4, 0.5) is 11.4 Å². The first-order valence-corrected chi connectivity index (χ1v) is 14.1. The third kappa shape index (κ3) is 7.95. The average molecular weight is 589 g/mol. The van der Waals surface area contributed by atoms with E-state index < -0.39 is 45.0 Å². The number of carbonyl (C=O) groups excluding carboxylic acids is 2. The maximum Gasteiger partial charge on any atom is 0.271 e. The van der Waals surface area contributed by atoms with Gasteiger partial charge in [0.1, 0.15) is 24.0 Å². The van der Waals surface area contributed by atoms with Crippen molar-refractivity contribution < 1.29 is 27.7 Å². The molecule has 0 saturated heterocycles. The number of nitrogens with zero attached hydrogens (tertiary/aromatic N) is 3. The van der Waals surface area contributed by atoms with Gasteiger partial charge in [0.25, 0.3) is 5.69 Å². The maximum atomic E-state index is 13.7. The van der Waals surface area contributed by atoms with Crippen LogP contribution in [0, 0.1) is 10.1 Å². The Hall–Kier alpha value is -3.09. The van der Waals surface area contributed by atoms with Crippen LogP contribution in [-0.4, -0.2) is 62.0 Å². The van der Waals surface area contributed by atoms with E-state index in [0.29, 0.717) is 21.3 Å². The largest absolute Gasteiger partial charge is 0.495 e. The fourth-order valence-electron chi connectivity index (χ4n) is 3.46. The number of ether oxygens (including phenoxy) is 1. The molecule has 38 heavy (non-hydrogen) atoms. The molecule has 0 aromatic heterocycles. The fourth-order valence-corrected chi connectivity index (χ4v) is 4.78. The van der Waals surface area contributed by atoms with Gasteiger partial charge in [-0.25, -0.2) is 8.42 Å². The smallest absolute Gasteiger partial charge is 0.271 e. The van der Waals surface area contributed by atoms with E-state index in [4.69, 9.17) is 27.9 Å². The zero-order chi connectivity index (χ0) is 28.8. The van der Waals surface area contributed by atoms with E-state index >= 15 is 0 Å². The second-order valence-corrected chi connectivity index (χ2v) is 11.4. The number of rotatable bonds is 12. The van der Waals surface area contributed by atoms with E-state index in [1.165, 1.54) is 31.1 Å².